The molecule has 3 amide bonds. The van der Waals surface area contributed by atoms with Crippen molar-refractivity contribution in [3.63, 3.8) is 0 Å². The number of thiazole rings is 1. The molecule has 0 aliphatic carbocycles. The fourth-order valence-corrected chi connectivity index (χ4v) is 8.84. The van der Waals surface area contributed by atoms with Gasteiger partial charge >= 0.3 is 0 Å². The molecule has 6 aromatic rings. The van der Waals surface area contributed by atoms with Crippen LogP contribution in [-0.4, -0.2) is 88.2 Å². The molecule has 6 N–H and O–H groups in total. The molecule has 17 heteroatoms. The van der Waals surface area contributed by atoms with E-state index in [4.69, 9.17) is 10.3 Å². The number of aromatic hydroxyl groups is 1. The Morgan fingerprint density at radius 1 is 0.984 bits per heavy atom. The number of hydrogen-bond acceptors (Lipinski definition) is 13. The highest BCUT2D eigenvalue weighted by Crippen LogP contribution is 2.34. The number of β-amino-alcohol motifs (C(OH)–C–C–N with tert-alkyl or cyclic N) is 1. The van der Waals surface area contributed by atoms with Gasteiger partial charge in [-0.15, -0.1) is 21.5 Å². The molecule has 1 fully saturated rings. The van der Waals surface area contributed by atoms with E-state index in [1.54, 1.807) is 60.3 Å². The molecule has 63 heavy (non-hydrogen) atoms. The Morgan fingerprint density at radius 2 is 1.76 bits per heavy atom. The van der Waals surface area contributed by atoms with E-state index in [0.29, 0.717) is 41.4 Å². The maximum Gasteiger partial charge on any atom is 0.243 e. The van der Waals surface area contributed by atoms with Crippen LogP contribution in [0.4, 0.5) is 5.82 Å². The number of amides is 3. The first-order valence-corrected chi connectivity index (χ1v) is 22.2. The average Bonchev–Trinajstić information content (AvgIpc) is 4.09. The van der Waals surface area contributed by atoms with Crippen molar-refractivity contribution in [2.24, 2.45) is 5.92 Å². The van der Waals surface area contributed by atoms with Crippen LogP contribution in [0.15, 0.2) is 83.1 Å². The lowest BCUT2D eigenvalue weighted by molar-refractivity contribution is -0.141. The van der Waals surface area contributed by atoms with Gasteiger partial charge in [-0.1, -0.05) is 68.2 Å². The predicted octanol–water partition coefficient (Wildman–Crippen LogP) is 6.35. The molecule has 1 saturated heterocycles. The van der Waals surface area contributed by atoms with E-state index in [1.807, 2.05) is 62.0 Å². The van der Waals surface area contributed by atoms with Crippen LogP contribution in [0, 0.1) is 19.8 Å². The number of aliphatic hydroxyl groups is 1. The topological polar surface area (TPSA) is 228 Å². The smallest absolute Gasteiger partial charge is 0.243 e. The second-order valence-corrected chi connectivity index (χ2v) is 17.3. The molecular weight excluding hydrogens is 821 g/mol. The summed E-state index contributed by atoms with van der Waals surface area (Å²) in [7, 11) is 0. The number of benzene rings is 2. The van der Waals surface area contributed by atoms with Crippen LogP contribution in [0.2, 0.25) is 0 Å². The van der Waals surface area contributed by atoms with Gasteiger partial charge in [0.05, 0.1) is 52.2 Å². The number of rotatable bonds is 18. The quantitative estimate of drug-likeness (QED) is 0.0596. The van der Waals surface area contributed by atoms with E-state index in [1.165, 1.54) is 4.90 Å². The minimum Gasteiger partial charge on any atom is -0.507 e. The van der Waals surface area contributed by atoms with Gasteiger partial charge in [-0.05, 0) is 61.9 Å². The number of carbonyl (C=O) groups is 3. The summed E-state index contributed by atoms with van der Waals surface area (Å²) in [6, 6.07) is 16.5. The number of anilines is 1. The molecule has 5 heterocycles. The van der Waals surface area contributed by atoms with E-state index in [9.17, 15) is 24.6 Å². The zero-order valence-corrected chi connectivity index (χ0v) is 36.7. The minimum absolute atomic E-state index is 0.00541. The number of nitrogen functional groups attached to an aromatic ring is 1. The molecule has 0 unspecified atom stereocenters. The van der Waals surface area contributed by atoms with E-state index in [-0.39, 0.29) is 48.7 Å². The molecule has 0 saturated carbocycles. The molecule has 0 radical (unpaired) electrons. The number of likely N-dealkylation sites (tertiary alicyclic amines) is 1. The normalized spacial score (nSPS) is 16.0. The summed E-state index contributed by atoms with van der Waals surface area (Å²) >= 11 is 1.54. The lowest BCUT2D eigenvalue weighted by Gasteiger charge is -2.30. The number of phenols is 1. The van der Waals surface area contributed by atoms with Crippen LogP contribution in [0.1, 0.15) is 87.0 Å². The number of phenolic OH excluding ortho intramolecular Hbond substituents is 1. The standard InChI is InChI=1S/C46H54N10O6S/c1-27(2)42(40-19-28(3)54-62-40)46(61)56-25-33(57)20-38(56)45(60)51-36(30-13-15-31(16-14-30)43-29(4)49-26-63-43)22-41(59)48-17-9-5-6-10-18-55-24-32(23-50-55)35-21-37(52-53-44(35)47)34-11-7-8-12-39(34)58/h7-8,11-16,19,21,23-24,26-27,33,36,38,42,57-58H,5-6,9-10,17-18,20,22,25H2,1-4H3,(H2,47,53)(H,48,59)(H,51,60)/t33-,36+,38+,42+/m1/s1. The Balaban J connectivity index is 0.935. The molecule has 330 valence electrons. The van der Waals surface area contributed by atoms with Crippen molar-refractivity contribution in [2.45, 2.75) is 96.9 Å². The van der Waals surface area contributed by atoms with Crippen molar-refractivity contribution in [3.05, 3.63) is 101 Å². The highest BCUT2D eigenvalue weighted by Gasteiger charge is 2.43. The molecule has 4 atom stereocenters. The van der Waals surface area contributed by atoms with Gasteiger partial charge in [0.25, 0.3) is 0 Å². The van der Waals surface area contributed by atoms with Gasteiger partial charge in [0.15, 0.2) is 5.82 Å². The third-order valence-corrected chi connectivity index (χ3v) is 12.3. The Morgan fingerprint density at radius 3 is 2.48 bits per heavy atom. The predicted molar refractivity (Wildman–Crippen MR) is 239 cm³/mol. The second-order valence-electron chi connectivity index (χ2n) is 16.4. The van der Waals surface area contributed by atoms with Gasteiger partial charge in [0, 0.05) is 55.0 Å². The third kappa shape index (κ3) is 10.8. The zero-order chi connectivity index (χ0) is 44.6. The first-order chi connectivity index (χ1) is 30.4. The van der Waals surface area contributed by atoms with Gasteiger partial charge in [0.1, 0.15) is 23.5 Å². The monoisotopic (exact) mass is 874 g/mol. The summed E-state index contributed by atoms with van der Waals surface area (Å²) in [5.41, 5.74) is 13.8. The summed E-state index contributed by atoms with van der Waals surface area (Å²) in [6.45, 7) is 8.71. The molecule has 2 aromatic carbocycles. The summed E-state index contributed by atoms with van der Waals surface area (Å²) in [5.74, 6) is -1.04. The van der Waals surface area contributed by atoms with Crippen LogP contribution >= 0.6 is 11.3 Å². The van der Waals surface area contributed by atoms with Crippen molar-refractivity contribution in [2.75, 3.05) is 18.8 Å². The average molecular weight is 875 g/mol. The van der Waals surface area contributed by atoms with Crippen molar-refractivity contribution in [3.8, 4) is 38.6 Å². The molecular formula is C46H54N10O6S. The number of hydrogen-bond donors (Lipinski definition) is 5. The summed E-state index contributed by atoms with van der Waals surface area (Å²) in [5, 5.41) is 43.9. The van der Waals surface area contributed by atoms with Crippen molar-refractivity contribution in [1.29, 1.82) is 0 Å². The Bertz CT molecular complexity index is 2520. The number of nitrogens with zero attached hydrogens (tertiary/aromatic N) is 7. The van der Waals surface area contributed by atoms with Gasteiger partial charge in [-0.2, -0.15) is 5.10 Å². The van der Waals surface area contributed by atoms with Crippen molar-refractivity contribution < 1.29 is 29.1 Å². The number of aryl methyl sites for hydroxylation is 3. The summed E-state index contributed by atoms with van der Waals surface area (Å²) in [4.78, 5) is 48.5. The number of nitrogens with two attached hydrogens (primary N) is 1. The first kappa shape index (κ1) is 44.6. The molecule has 0 spiro atoms. The minimum atomic E-state index is -0.940. The molecule has 16 nitrogen and oxygen atoms in total. The number of unbranched alkanes of at least 4 members (excludes halogenated alkanes) is 3. The van der Waals surface area contributed by atoms with E-state index in [2.05, 4.69) is 36.1 Å². The highest BCUT2D eigenvalue weighted by atomic mass is 32.1. The molecule has 0 bridgehead atoms. The summed E-state index contributed by atoms with van der Waals surface area (Å²) in [6.07, 6.45) is 6.26. The largest absolute Gasteiger partial charge is 0.507 e. The lowest BCUT2D eigenvalue weighted by atomic mass is 9.91. The SMILES string of the molecule is Cc1cc([C@@H](C(=O)N2C[C@H](O)C[C@H]2C(=O)N[C@@H](CC(=O)NCCCCCCn2cc(-c3cc(-c4ccccc4O)nnc3N)cn2)c2ccc(-c3scnc3C)cc2)C(C)C)on1. The number of carbonyl (C=O) groups excluding carboxylic acids is 3. The number of nitrogens with one attached hydrogen (secondary N) is 2. The first-order valence-electron chi connectivity index (χ1n) is 21.3. The fraction of sp³-hybridized carbons (Fsp3) is 0.391. The van der Waals surface area contributed by atoms with Gasteiger partial charge < -0.3 is 36.0 Å². The van der Waals surface area contributed by atoms with E-state index in [0.717, 1.165) is 52.9 Å². The van der Waals surface area contributed by atoms with Crippen LogP contribution < -0.4 is 16.4 Å². The van der Waals surface area contributed by atoms with Crippen LogP contribution in [-0.2, 0) is 20.9 Å². The van der Waals surface area contributed by atoms with Gasteiger partial charge in [-0.3, -0.25) is 19.1 Å². The maximum absolute atomic E-state index is 14.1. The lowest BCUT2D eigenvalue weighted by Crippen LogP contribution is -2.49. The third-order valence-electron chi connectivity index (χ3n) is 11.4. The highest BCUT2D eigenvalue weighted by molar-refractivity contribution is 7.13. The van der Waals surface area contributed by atoms with Gasteiger partial charge in [0.2, 0.25) is 17.7 Å². The number of para-hydroxylation sites is 1. The number of aromatic nitrogens is 6. The van der Waals surface area contributed by atoms with E-state index >= 15 is 0 Å². The van der Waals surface area contributed by atoms with Crippen molar-refractivity contribution in [1.82, 2.24) is 45.7 Å². The Labute approximate surface area is 369 Å². The molecule has 7 rings (SSSR count). The van der Waals surface area contributed by atoms with Crippen LogP contribution in [0.5, 0.6) is 5.75 Å². The van der Waals surface area contributed by atoms with Crippen molar-refractivity contribution >= 4 is 34.9 Å². The van der Waals surface area contributed by atoms with Crippen LogP contribution in [0.25, 0.3) is 32.8 Å². The van der Waals surface area contributed by atoms with E-state index < -0.39 is 30.0 Å². The summed E-state index contributed by atoms with van der Waals surface area (Å²) < 4.78 is 7.35. The number of aliphatic hydroxyl groups excluding tert-OH is 1. The van der Waals surface area contributed by atoms with Crippen LogP contribution in [0.3, 0.4) is 0 Å². The Hall–Kier alpha value is -6.46. The maximum atomic E-state index is 14.1. The zero-order valence-electron chi connectivity index (χ0n) is 35.9. The Kier molecular flexibility index (Phi) is 14.3. The van der Waals surface area contributed by atoms with Gasteiger partial charge in [-0.25, -0.2) is 4.98 Å². The second kappa shape index (κ2) is 20.2. The molecule has 1 aliphatic heterocycles. The fourth-order valence-electron chi connectivity index (χ4n) is 8.03. The molecule has 1 aliphatic rings. The molecule has 4 aromatic heterocycles.